The molecule has 0 aromatic rings. The molecule has 8 saturated carbocycles. The summed E-state index contributed by atoms with van der Waals surface area (Å²) in [5, 5.41) is 0.0169. The van der Waals surface area contributed by atoms with Gasteiger partial charge in [0, 0.05) is 84.2 Å². The van der Waals surface area contributed by atoms with Gasteiger partial charge in [0.15, 0.2) is 3.41 Å². The van der Waals surface area contributed by atoms with Crippen LogP contribution in [0, 0.1) is 29.1 Å². The smallest absolute Gasteiger partial charge is 0.374 e. The first kappa shape index (κ1) is 62.5. The monoisotopic (exact) mass is 1280 g/mol. The van der Waals surface area contributed by atoms with Gasteiger partial charge < -0.3 is 39.8 Å². The molecule has 0 aromatic carbocycles. The zero-order valence-electron chi connectivity index (χ0n) is 44.5. The van der Waals surface area contributed by atoms with Gasteiger partial charge in [0.25, 0.3) is 0 Å². The van der Waals surface area contributed by atoms with E-state index in [1.807, 2.05) is 91.3 Å². The highest BCUT2D eigenvalue weighted by molar-refractivity contribution is 9.32. The van der Waals surface area contributed by atoms with Gasteiger partial charge in [0.2, 0.25) is 0 Å². The number of hydrogen-bond donors (Lipinski definition) is 0. The number of rotatable bonds is 39. The van der Waals surface area contributed by atoms with Gasteiger partial charge in [-0.2, -0.15) is 0 Å². The van der Waals surface area contributed by atoms with E-state index in [1.165, 1.54) is 102 Å². The van der Waals surface area contributed by atoms with Gasteiger partial charge in [-0.25, -0.2) is 0 Å². The summed E-state index contributed by atoms with van der Waals surface area (Å²) in [5.41, 5.74) is 1.25. The van der Waals surface area contributed by atoms with E-state index >= 15 is 0 Å². The summed E-state index contributed by atoms with van der Waals surface area (Å²) in [6.07, 6.45) is 24.4. The molecule has 9 nitrogen and oxygen atoms in total. The van der Waals surface area contributed by atoms with Crippen LogP contribution in [0.2, 0.25) is 16.1 Å². The summed E-state index contributed by atoms with van der Waals surface area (Å²) in [7, 11) is 15.2. The molecule has 0 aliphatic heterocycles. The van der Waals surface area contributed by atoms with Crippen molar-refractivity contribution in [3.63, 3.8) is 0 Å². The molecule has 8 rings (SSSR count). The first-order valence-electron chi connectivity index (χ1n) is 27.8. The van der Waals surface area contributed by atoms with Gasteiger partial charge in [0.1, 0.15) is 0 Å². The van der Waals surface area contributed by atoms with Crippen LogP contribution in [0.15, 0.2) is 0 Å². The summed E-state index contributed by atoms with van der Waals surface area (Å²) >= 11 is 0. The molecule has 0 aromatic heterocycles. The summed E-state index contributed by atoms with van der Waals surface area (Å²) < 4.78 is 61.5. The molecule has 24 heteroatoms. The Morgan fingerprint density at radius 2 is 0.847 bits per heavy atom. The predicted octanol–water partition coefficient (Wildman–Crippen LogP) is 18.7. The van der Waals surface area contributed by atoms with E-state index in [0.717, 1.165) is 37.5 Å². The van der Waals surface area contributed by atoms with Crippen molar-refractivity contribution in [3.8, 4) is 0 Å². The predicted molar refractivity (Wildman–Crippen MR) is 335 cm³/mol. The lowest BCUT2D eigenvalue weighted by atomic mass is 9.82. The second-order valence-electron chi connectivity index (χ2n) is 21.6. The average Bonchev–Trinajstić information content (AvgIpc) is 4.27. The van der Waals surface area contributed by atoms with Crippen LogP contribution in [0.4, 0.5) is 0 Å². The van der Waals surface area contributed by atoms with Gasteiger partial charge in [-0.3, -0.25) is 0 Å². The van der Waals surface area contributed by atoms with Crippen LogP contribution in [0.1, 0.15) is 177 Å². The Hall–Kier alpha value is 4.49. The Morgan fingerprint density at radius 1 is 0.431 bits per heavy atom. The molecule has 8 fully saturated rings. The largest absolute Gasteiger partial charge is 0.507 e. The second-order valence-corrected chi connectivity index (χ2v) is 50.0. The molecule has 0 saturated heterocycles. The van der Waals surface area contributed by atoms with E-state index in [-0.39, 0.29) is 17.9 Å². The van der Waals surface area contributed by atoms with Crippen LogP contribution in [-0.2, 0) is 39.8 Å². The van der Waals surface area contributed by atoms with Crippen molar-refractivity contribution < 1.29 is 39.8 Å². The SMILES string of the molecule is CCO[Si](OCC)(OCC)C1CC2CCC1(SSSSC(CO[Si](OCC)(OCC)C13CCC(CC1)C3)(SSSSCCC13CCC(CC1)C3)SSSSC13CCC(CC1[Si](OCC)(OCC)OCC)C3)C2. The molecule has 8 aliphatic carbocycles. The van der Waals surface area contributed by atoms with E-state index in [0.29, 0.717) is 87.8 Å². The molecule has 0 amide bonds. The zero-order chi connectivity index (χ0) is 50.8. The van der Waals surface area contributed by atoms with E-state index in [2.05, 4.69) is 87.8 Å². The van der Waals surface area contributed by atoms with E-state index in [1.54, 1.807) is 0 Å². The highest BCUT2D eigenvalue weighted by atomic mass is 33.7. The van der Waals surface area contributed by atoms with Crippen molar-refractivity contribution in [1.82, 2.24) is 0 Å². The maximum Gasteiger partial charge on any atom is 0.507 e. The van der Waals surface area contributed by atoms with Crippen LogP contribution < -0.4 is 0 Å². The van der Waals surface area contributed by atoms with Crippen LogP contribution in [-0.4, -0.2) is 105 Å². The highest BCUT2D eigenvalue weighted by Gasteiger charge is 2.69. The van der Waals surface area contributed by atoms with Crippen molar-refractivity contribution in [2.45, 2.75) is 206 Å². The third-order valence-corrected chi connectivity index (χ3v) is 53.6. The normalized spacial score (nSPS) is 34.7. The fourth-order valence-corrected chi connectivity index (χ4v) is 55.9. The molecule has 72 heavy (non-hydrogen) atoms. The van der Waals surface area contributed by atoms with Crippen molar-refractivity contribution in [2.75, 3.05) is 65.2 Å². The molecule has 418 valence electrons. The first-order valence-corrected chi connectivity index (χ1v) is 47.7. The fourth-order valence-electron chi connectivity index (χ4n) is 14.9. The van der Waals surface area contributed by atoms with Gasteiger partial charge in [0.05, 0.1) is 6.61 Å². The lowest BCUT2D eigenvalue weighted by molar-refractivity contribution is 0.0420. The van der Waals surface area contributed by atoms with Crippen LogP contribution in [0.5, 0.6) is 0 Å². The summed E-state index contributed by atoms with van der Waals surface area (Å²) in [5.74, 6) is 4.43. The minimum Gasteiger partial charge on any atom is -0.374 e. The van der Waals surface area contributed by atoms with E-state index in [9.17, 15) is 0 Å². The Bertz CT molecular complexity index is 1560. The second kappa shape index (κ2) is 28.9. The Kier molecular flexibility index (Phi) is 25.1. The number of hydrogen-bond acceptors (Lipinski definition) is 21. The zero-order valence-corrected chi connectivity index (χ0v) is 57.3. The van der Waals surface area contributed by atoms with Gasteiger partial charge in [-0.1, -0.05) is 32.4 Å². The lowest BCUT2D eigenvalue weighted by Crippen LogP contribution is -2.56. The van der Waals surface area contributed by atoms with Crippen molar-refractivity contribution >= 4 is 150 Å². The molecule has 8 aliphatic rings. The fraction of sp³-hybridized carbons (Fsp3) is 1.00. The van der Waals surface area contributed by atoms with Gasteiger partial charge in [-0.05, 0) is 298 Å². The molecular formula is C48H88O9S12Si3. The lowest BCUT2D eigenvalue weighted by Gasteiger charge is -2.44. The molecule has 6 atom stereocenters. The highest BCUT2D eigenvalue weighted by Crippen LogP contribution is 2.75. The molecule has 0 radical (unpaired) electrons. The Labute approximate surface area is 485 Å². The standard InChI is InChI=1S/C48H88O9S12Si3/c1-9-49-70(50-10-2,51-11-3)42-31-40-21-27-46(42,35-40)59-65-68-62-48(61-67-64-58-30-29-44-23-17-38(33-44)18-24-44,37-57-72(55-15-7,56-16-8)45-25-19-39(34-45)20-26-45)63-69-66-60-47-28-22-41(36-47)32-43(47)71(52-12-4,53-13-5)54-14-6/h38-43H,9-37H2,1-8H3. The summed E-state index contributed by atoms with van der Waals surface area (Å²) in [6, 6.07) is 0. The first-order chi connectivity index (χ1) is 35.0. The van der Waals surface area contributed by atoms with Crippen molar-refractivity contribution in [2.24, 2.45) is 29.1 Å². The van der Waals surface area contributed by atoms with Crippen LogP contribution >= 0.6 is 124 Å². The molecule has 8 bridgehead atoms. The third-order valence-electron chi connectivity index (χ3n) is 17.7. The van der Waals surface area contributed by atoms with Gasteiger partial charge in [-0.15, -0.1) is 0 Å². The molecule has 0 heterocycles. The quantitative estimate of drug-likeness (QED) is 0.0253. The summed E-state index contributed by atoms with van der Waals surface area (Å²) in [4.78, 5) is 0. The van der Waals surface area contributed by atoms with Crippen molar-refractivity contribution in [3.05, 3.63) is 0 Å². The van der Waals surface area contributed by atoms with Gasteiger partial charge >= 0.3 is 26.4 Å². The maximum atomic E-state index is 7.66. The Morgan fingerprint density at radius 3 is 1.24 bits per heavy atom. The van der Waals surface area contributed by atoms with Crippen LogP contribution in [0.25, 0.3) is 0 Å². The topological polar surface area (TPSA) is 83.1 Å². The summed E-state index contributed by atoms with van der Waals surface area (Å²) in [6.45, 7) is 22.5. The molecule has 6 unspecified atom stereocenters. The van der Waals surface area contributed by atoms with E-state index in [4.69, 9.17) is 39.8 Å². The molecule has 0 spiro atoms. The minimum absolute atomic E-state index is 0.0169. The third kappa shape index (κ3) is 14.0. The average molecular weight is 1280 g/mol. The van der Waals surface area contributed by atoms with E-state index < -0.39 is 26.4 Å². The number of fused-ring (bicyclic) bond motifs is 8. The van der Waals surface area contributed by atoms with Crippen molar-refractivity contribution in [1.29, 1.82) is 0 Å². The molecular weight excluding hydrogens is 1190 g/mol. The minimum atomic E-state index is -3.11. The molecule has 0 N–H and O–H groups in total. The maximum absolute atomic E-state index is 7.66. The Balaban J connectivity index is 1.03. The van der Waals surface area contributed by atoms with Crippen LogP contribution in [0.3, 0.4) is 0 Å².